The van der Waals surface area contributed by atoms with Crippen molar-refractivity contribution < 1.29 is 24.9 Å². The number of hydrogen-bond acceptors (Lipinski definition) is 7. The molecule has 0 saturated heterocycles. The maximum absolute atomic E-state index is 13.1. The van der Waals surface area contributed by atoms with Gasteiger partial charge in [-0.05, 0) is 30.7 Å². The summed E-state index contributed by atoms with van der Waals surface area (Å²) in [6.07, 6.45) is 1.87. The van der Waals surface area contributed by atoms with Crippen molar-refractivity contribution in [1.82, 2.24) is 9.55 Å². The molecule has 3 aromatic rings. The van der Waals surface area contributed by atoms with Crippen molar-refractivity contribution in [3.8, 4) is 11.4 Å². The van der Waals surface area contributed by atoms with E-state index in [-0.39, 0.29) is 29.7 Å². The van der Waals surface area contributed by atoms with Gasteiger partial charge in [-0.3, -0.25) is 4.79 Å². The second-order valence-electron chi connectivity index (χ2n) is 7.53. The van der Waals surface area contributed by atoms with Gasteiger partial charge in [-0.25, -0.2) is 9.78 Å². The Morgan fingerprint density at radius 3 is 2.60 bits per heavy atom. The van der Waals surface area contributed by atoms with Gasteiger partial charge in [0.05, 0.1) is 41.5 Å². The molecule has 1 aromatic carbocycles. The molecule has 0 bridgehead atoms. The van der Waals surface area contributed by atoms with Crippen molar-refractivity contribution in [2.45, 2.75) is 32.1 Å². The number of aromatic nitrogens is 2. The highest BCUT2D eigenvalue weighted by atomic mass is 16.6. The van der Waals surface area contributed by atoms with Gasteiger partial charge in [-0.1, -0.05) is 6.92 Å². The number of pyridine rings is 2. The molecular formula is C22H18N2O6. The highest BCUT2D eigenvalue weighted by molar-refractivity contribution is 5.86. The summed E-state index contributed by atoms with van der Waals surface area (Å²) in [4.78, 5) is 30.0. The number of aliphatic hydroxyl groups excluding tert-OH is 2. The molecule has 0 radical (unpaired) electrons. The average molecular weight is 406 g/mol. The van der Waals surface area contributed by atoms with Crippen LogP contribution in [-0.2, 0) is 28.3 Å². The van der Waals surface area contributed by atoms with Crippen LogP contribution in [0.4, 0.5) is 0 Å². The van der Waals surface area contributed by atoms with Crippen molar-refractivity contribution in [1.29, 1.82) is 0 Å². The molecule has 8 nitrogen and oxygen atoms in total. The molecule has 0 spiro atoms. The van der Waals surface area contributed by atoms with E-state index in [1.54, 1.807) is 29.7 Å². The Labute approximate surface area is 169 Å². The fourth-order valence-corrected chi connectivity index (χ4v) is 4.29. The Kier molecular flexibility index (Phi) is 3.78. The molecule has 30 heavy (non-hydrogen) atoms. The molecule has 2 aromatic heterocycles. The third-order valence-electron chi connectivity index (χ3n) is 5.99. The van der Waals surface area contributed by atoms with Crippen LogP contribution in [0, 0.1) is 0 Å². The third kappa shape index (κ3) is 2.28. The van der Waals surface area contributed by atoms with Crippen LogP contribution in [0.2, 0.25) is 0 Å². The summed E-state index contributed by atoms with van der Waals surface area (Å²) in [5.74, 6) is -0.762. The van der Waals surface area contributed by atoms with Crippen molar-refractivity contribution in [3.05, 3.63) is 61.7 Å². The number of rotatable bonds is 1. The van der Waals surface area contributed by atoms with E-state index in [1.165, 1.54) is 0 Å². The Hall–Kier alpha value is -3.65. The fraction of sp³-hybridized carbons (Fsp3) is 0.227. The summed E-state index contributed by atoms with van der Waals surface area (Å²) in [6, 6.07) is 6.87. The minimum Gasteiger partial charge on any atom is -0.515 e. The van der Waals surface area contributed by atoms with Crippen LogP contribution in [0.25, 0.3) is 34.8 Å². The topological polar surface area (TPSA) is 122 Å². The van der Waals surface area contributed by atoms with E-state index >= 15 is 0 Å². The largest absolute Gasteiger partial charge is 0.515 e. The molecule has 0 unspecified atom stereocenters. The van der Waals surface area contributed by atoms with Crippen molar-refractivity contribution in [2.75, 3.05) is 0 Å². The van der Waals surface area contributed by atoms with E-state index in [4.69, 9.17) is 4.74 Å². The first-order valence-corrected chi connectivity index (χ1v) is 9.51. The van der Waals surface area contributed by atoms with Crippen LogP contribution in [0.15, 0.2) is 29.1 Å². The quantitative estimate of drug-likeness (QED) is 0.397. The van der Waals surface area contributed by atoms with Gasteiger partial charge in [-0.15, -0.1) is 0 Å². The third-order valence-corrected chi connectivity index (χ3v) is 5.99. The van der Waals surface area contributed by atoms with Gasteiger partial charge in [0.15, 0.2) is 5.60 Å². The van der Waals surface area contributed by atoms with Crippen molar-refractivity contribution in [3.63, 3.8) is 0 Å². The van der Waals surface area contributed by atoms with Gasteiger partial charge in [0, 0.05) is 27.0 Å². The number of benzene rings is 1. The molecule has 2 aliphatic rings. The molecular weight excluding hydrogens is 388 g/mol. The lowest BCUT2D eigenvalue weighted by Crippen LogP contribution is -2.44. The minimum atomic E-state index is -1.87. The lowest BCUT2D eigenvalue weighted by atomic mass is 9.86. The van der Waals surface area contributed by atoms with Gasteiger partial charge in [-0.2, -0.15) is 0 Å². The molecule has 3 N–H and O–H groups in total. The molecule has 0 aliphatic carbocycles. The average Bonchev–Trinajstić information content (AvgIpc) is 3.12. The van der Waals surface area contributed by atoms with Gasteiger partial charge in [0.2, 0.25) is 0 Å². The van der Waals surface area contributed by atoms with Gasteiger partial charge < -0.3 is 24.6 Å². The lowest BCUT2D eigenvalue weighted by molar-refractivity contribution is -0.172. The van der Waals surface area contributed by atoms with E-state index in [0.717, 1.165) is 23.5 Å². The molecule has 1 atom stereocenters. The molecule has 8 heteroatoms. The number of esters is 1. The van der Waals surface area contributed by atoms with E-state index in [9.17, 15) is 24.9 Å². The number of aliphatic hydroxyl groups is 3. The normalized spacial score (nSPS) is 20.8. The highest BCUT2D eigenvalue weighted by Gasteiger charge is 2.45. The molecule has 0 fully saturated rings. The highest BCUT2D eigenvalue weighted by Crippen LogP contribution is 2.38. The summed E-state index contributed by atoms with van der Waals surface area (Å²) in [7, 11) is 0. The first kappa shape index (κ1) is 18.4. The Balaban J connectivity index is 1.81. The predicted octanol–water partition coefficient (Wildman–Crippen LogP) is 0.672. The number of carbonyl (C=O) groups excluding carboxylic acids is 1. The second-order valence-corrected chi connectivity index (χ2v) is 7.53. The smallest absolute Gasteiger partial charge is 0.343 e. The SMILES string of the molecule is CC[C@@]1(O)C(=O)OCc2c1cc1n(c2=O)Cc2cc3cc(=CO)c(=CO)cc3nc2-1. The van der Waals surface area contributed by atoms with E-state index < -0.39 is 11.6 Å². The Morgan fingerprint density at radius 1 is 1.17 bits per heavy atom. The zero-order chi connectivity index (χ0) is 21.2. The van der Waals surface area contributed by atoms with Gasteiger partial charge in [0.25, 0.3) is 5.56 Å². The summed E-state index contributed by atoms with van der Waals surface area (Å²) < 4.78 is 6.63. The maximum Gasteiger partial charge on any atom is 0.343 e. The van der Waals surface area contributed by atoms with Gasteiger partial charge >= 0.3 is 5.97 Å². The Morgan fingerprint density at radius 2 is 1.90 bits per heavy atom. The molecule has 0 amide bonds. The van der Waals surface area contributed by atoms with Crippen molar-refractivity contribution in [2.24, 2.45) is 0 Å². The monoisotopic (exact) mass is 406 g/mol. The predicted molar refractivity (Wildman–Crippen MR) is 108 cm³/mol. The van der Waals surface area contributed by atoms with Crippen LogP contribution in [0.1, 0.15) is 30.0 Å². The number of ether oxygens (including phenoxy) is 1. The van der Waals surface area contributed by atoms with E-state index in [1.807, 2.05) is 6.07 Å². The molecule has 5 rings (SSSR count). The van der Waals surface area contributed by atoms with Crippen molar-refractivity contribution >= 4 is 29.4 Å². The number of carbonyl (C=O) groups is 1. The van der Waals surface area contributed by atoms with E-state index in [0.29, 0.717) is 33.9 Å². The summed E-state index contributed by atoms with van der Waals surface area (Å²) in [6.45, 7) is 1.78. The minimum absolute atomic E-state index is 0.0792. The zero-order valence-electron chi connectivity index (χ0n) is 16.0. The van der Waals surface area contributed by atoms with Gasteiger partial charge in [0.1, 0.15) is 6.61 Å². The standard InChI is InChI=1S/C22H18N2O6/c1-2-22(29)16-6-18-19-12(7-24(18)20(27)15(16)10-30-21(22)28)3-11-4-13(8-25)14(9-26)5-17(11)23-19/h3-6,8-9,25-26,29H,2,7,10H2,1H3/t22-/m0/s1. The first-order chi connectivity index (χ1) is 14.4. The van der Waals surface area contributed by atoms with Crippen LogP contribution >= 0.6 is 0 Å². The number of nitrogens with zero attached hydrogens (tertiary/aromatic N) is 2. The molecule has 4 heterocycles. The zero-order valence-corrected chi connectivity index (χ0v) is 16.0. The van der Waals surface area contributed by atoms with Crippen LogP contribution < -0.4 is 16.0 Å². The second kappa shape index (κ2) is 6.17. The number of hydrogen-bond donors (Lipinski definition) is 3. The van der Waals surface area contributed by atoms with Crippen LogP contribution in [0.3, 0.4) is 0 Å². The van der Waals surface area contributed by atoms with E-state index in [2.05, 4.69) is 4.98 Å². The first-order valence-electron chi connectivity index (χ1n) is 9.51. The fourth-order valence-electron chi connectivity index (χ4n) is 4.29. The molecule has 152 valence electrons. The Bertz CT molecular complexity index is 1440. The number of fused-ring (bicyclic) bond motifs is 5. The lowest BCUT2D eigenvalue weighted by Gasteiger charge is -2.31. The molecule has 0 saturated carbocycles. The van der Waals surface area contributed by atoms with Crippen LogP contribution in [-0.4, -0.2) is 30.8 Å². The summed E-state index contributed by atoms with van der Waals surface area (Å²) in [5, 5.41) is 31.3. The maximum atomic E-state index is 13.1. The molecule has 2 aliphatic heterocycles. The van der Waals surface area contributed by atoms with Crippen LogP contribution in [0.5, 0.6) is 0 Å². The summed E-state index contributed by atoms with van der Waals surface area (Å²) in [5.41, 5.74) is 0.817. The number of cyclic esters (lactones) is 1. The summed E-state index contributed by atoms with van der Waals surface area (Å²) >= 11 is 0.